The summed E-state index contributed by atoms with van der Waals surface area (Å²) in [6.07, 6.45) is 5.76. The summed E-state index contributed by atoms with van der Waals surface area (Å²) < 4.78 is 0. The minimum atomic E-state index is -0.376. The second-order valence-corrected chi connectivity index (χ2v) is 8.91. The summed E-state index contributed by atoms with van der Waals surface area (Å²) in [5.41, 5.74) is 3.58. The molecule has 1 saturated carbocycles. The zero-order valence-electron chi connectivity index (χ0n) is 17.9. The molecule has 0 atom stereocenters. The van der Waals surface area contributed by atoms with Crippen LogP contribution in [0.15, 0.2) is 27.8 Å². The molecule has 160 valence electrons. The van der Waals surface area contributed by atoms with Crippen LogP contribution in [0.4, 0.5) is 17.1 Å². The van der Waals surface area contributed by atoms with Crippen LogP contribution < -0.4 is 26.4 Å². The molecule has 1 saturated heterocycles. The molecular formula is C24H31N3O3. The highest BCUT2D eigenvalue weighted by atomic mass is 16.2. The van der Waals surface area contributed by atoms with Gasteiger partial charge in [0, 0.05) is 31.2 Å². The van der Waals surface area contributed by atoms with Gasteiger partial charge in [-0.3, -0.25) is 14.4 Å². The Morgan fingerprint density at radius 1 is 1.03 bits per heavy atom. The van der Waals surface area contributed by atoms with Gasteiger partial charge in [-0.25, -0.2) is 0 Å². The molecule has 1 heterocycles. The normalized spacial score (nSPS) is 21.7. The summed E-state index contributed by atoms with van der Waals surface area (Å²) in [6.45, 7) is 6.50. The number of carbonyl (C=O) groups is 1. The molecule has 2 aromatic rings. The van der Waals surface area contributed by atoms with E-state index in [2.05, 4.69) is 10.6 Å². The third-order valence-corrected chi connectivity index (χ3v) is 6.96. The van der Waals surface area contributed by atoms with E-state index in [0.29, 0.717) is 23.8 Å². The maximum absolute atomic E-state index is 12.7. The van der Waals surface area contributed by atoms with Gasteiger partial charge in [0.25, 0.3) is 10.9 Å². The van der Waals surface area contributed by atoms with Gasteiger partial charge in [0.05, 0.1) is 0 Å². The van der Waals surface area contributed by atoms with Crippen LogP contribution in [0.25, 0.3) is 0 Å². The summed E-state index contributed by atoms with van der Waals surface area (Å²) in [7, 11) is 0. The molecule has 0 unspecified atom stereocenters. The Morgan fingerprint density at radius 2 is 1.73 bits per heavy atom. The van der Waals surface area contributed by atoms with Crippen LogP contribution in [-0.2, 0) is 4.79 Å². The molecule has 1 aliphatic carbocycles. The number of benzene rings is 1. The summed E-state index contributed by atoms with van der Waals surface area (Å²) in [4.78, 5) is 38.8. The second kappa shape index (κ2) is 8.62. The number of hydrogen-bond acceptors (Lipinski definition) is 5. The molecular weight excluding hydrogens is 378 g/mol. The maximum atomic E-state index is 12.7. The largest absolute Gasteiger partial charge is 0.380 e. The second-order valence-electron chi connectivity index (χ2n) is 8.91. The fraction of sp³-hybridized carbons (Fsp3) is 0.542. The van der Waals surface area contributed by atoms with E-state index in [1.807, 2.05) is 36.9 Å². The van der Waals surface area contributed by atoms with E-state index in [1.54, 1.807) is 0 Å². The Hall–Kier alpha value is -2.63. The van der Waals surface area contributed by atoms with Crippen molar-refractivity contribution in [2.75, 3.05) is 35.2 Å². The molecule has 0 radical (unpaired) electrons. The lowest BCUT2D eigenvalue weighted by atomic mass is 9.81. The van der Waals surface area contributed by atoms with E-state index >= 15 is 0 Å². The third kappa shape index (κ3) is 4.00. The number of hydrogen-bond donors (Lipinski definition) is 2. The molecule has 0 spiro atoms. The van der Waals surface area contributed by atoms with Crippen molar-refractivity contribution < 1.29 is 4.79 Å². The highest BCUT2D eigenvalue weighted by Gasteiger charge is 2.30. The van der Waals surface area contributed by atoms with Gasteiger partial charge in [-0.05, 0) is 75.5 Å². The van der Waals surface area contributed by atoms with Crippen molar-refractivity contribution in [3.63, 3.8) is 0 Å². The third-order valence-electron chi connectivity index (χ3n) is 6.96. The van der Waals surface area contributed by atoms with E-state index in [1.165, 1.54) is 5.56 Å². The lowest BCUT2D eigenvalue weighted by molar-refractivity contribution is -0.121. The highest BCUT2D eigenvalue weighted by Crippen LogP contribution is 2.31. The fourth-order valence-electron chi connectivity index (χ4n) is 4.78. The first kappa shape index (κ1) is 20.6. The van der Waals surface area contributed by atoms with Crippen molar-refractivity contribution in [3.05, 3.63) is 49.8 Å². The van der Waals surface area contributed by atoms with E-state index < -0.39 is 0 Å². The SMILES string of the molecule is Cc1cccc(NC(=O)C2CCC(CNc3c(N4CCCC4)c(=O)c3=O)CC2)c1C. The fourth-order valence-corrected chi connectivity index (χ4v) is 4.78. The van der Waals surface area contributed by atoms with Crippen LogP contribution in [-0.4, -0.2) is 25.5 Å². The number of anilines is 3. The van der Waals surface area contributed by atoms with Crippen molar-refractivity contribution in [2.45, 2.75) is 52.4 Å². The van der Waals surface area contributed by atoms with Gasteiger partial charge in [-0.2, -0.15) is 0 Å². The Kier molecular flexibility index (Phi) is 5.93. The van der Waals surface area contributed by atoms with Crippen LogP contribution in [0, 0.1) is 25.7 Å². The quantitative estimate of drug-likeness (QED) is 0.716. The monoisotopic (exact) mass is 409 g/mol. The van der Waals surface area contributed by atoms with Gasteiger partial charge in [-0.15, -0.1) is 0 Å². The average molecular weight is 410 g/mol. The Bertz CT molecular complexity index is 992. The van der Waals surface area contributed by atoms with Crippen molar-refractivity contribution >= 4 is 23.0 Å². The Labute approximate surface area is 177 Å². The molecule has 2 aliphatic rings. The predicted octanol–water partition coefficient (Wildman–Crippen LogP) is 3.36. The van der Waals surface area contributed by atoms with E-state index in [-0.39, 0.29) is 22.7 Å². The van der Waals surface area contributed by atoms with E-state index in [9.17, 15) is 14.4 Å². The first-order valence-electron chi connectivity index (χ1n) is 11.1. The first-order chi connectivity index (χ1) is 14.5. The Morgan fingerprint density at radius 3 is 2.43 bits per heavy atom. The van der Waals surface area contributed by atoms with E-state index in [0.717, 1.165) is 62.9 Å². The zero-order chi connectivity index (χ0) is 21.3. The molecule has 6 heteroatoms. The topological polar surface area (TPSA) is 78.5 Å². The van der Waals surface area contributed by atoms with Crippen LogP contribution in [0.1, 0.15) is 49.7 Å². The molecule has 1 aliphatic heterocycles. The zero-order valence-corrected chi connectivity index (χ0v) is 17.9. The van der Waals surface area contributed by atoms with Crippen LogP contribution in [0.3, 0.4) is 0 Å². The molecule has 2 N–H and O–H groups in total. The summed E-state index contributed by atoms with van der Waals surface area (Å²) >= 11 is 0. The van der Waals surface area contributed by atoms with Crippen LogP contribution >= 0.6 is 0 Å². The minimum absolute atomic E-state index is 0.0347. The van der Waals surface area contributed by atoms with Crippen molar-refractivity contribution in [1.82, 2.24) is 0 Å². The van der Waals surface area contributed by atoms with E-state index in [4.69, 9.17) is 0 Å². The number of rotatable bonds is 6. The smallest absolute Gasteiger partial charge is 0.253 e. The van der Waals surface area contributed by atoms with Crippen molar-refractivity contribution in [1.29, 1.82) is 0 Å². The summed E-state index contributed by atoms with van der Waals surface area (Å²) in [6, 6.07) is 5.98. The number of nitrogens with zero attached hydrogens (tertiary/aromatic N) is 1. The number of aryl methyl sites for hydroxylation is 1. The van der Waals surface area contributed by atoms with Gasteiger partial charge in [0.15, 0.2) is 0 Å². The molecule has 1 amide bonds. The standard InChI is InChI=1S/C24H31N3O3/c1-15-6-5-7-19(16(15)2)26-24(30)18-10-8-17(9-11-18)14-25-20-21(23(29)22(20)28)27-12-3-4-13-27/h5-7,17-18,25H,3-4,8-14H2,1-2H3,(H,26,30). The first-order valence-corrected chi connectivity index (χ1v) is 11.1. The molecule has 4 rings (SSSR count). The lowest BCUT2D eigenvalue weighted by Gasteiger charge is -2.29. The van der Waals surface area contributed by atoms with Gasteiger partial charge < -0.3 is 15.5 Å². The van der Waals surface area contributed by atoms with Crippen molar-refractivity contribution in [3.8, 4) is 0 Å². The predicted molar refractivity (Wildman–Crippen MR) is 121 cm³/mol. The Balaban J connectivity index is 1.28. The molecule has 2 aromatic carbocycles. The highest BCUT2D eigenvalue weighted by molar-refractivity contribution is 5.93. The van der Waals surface area contributed by atoms with Gasteiger partial charge in [0.1, 0.15) is 11.4 Å². The van der Waals surface area contributed by atoms with Crippen molar-refractivity contribution in [2.24, 2.45) is 11.8 Å². The average Bonchev–Trinajstić information content (AvgIpc) is 3.27. The molecule has 0 bridgehead atoms. The lowest BCUT2D eigenvalue weighted by Crippen LogP contribution is -2.42. The van der Waals surface area contributed by atoms with Gasteiger partial charge in [0.2, 0.25) is 5.91 Å². The van der Waals surface area contributed by atoms with Gasteiger partial charge >= 0.3 is 0 Å². The number of amides is 1. The van der Waals surface area contributed by atoms with Gasteiger partial charge in [-0.1, -0.05) is 12.1 Å². The number of nitrogens with one attached hydrogen (secondary N) is 2. The number of carbonyl (C=O) groups excluding carboxylic acids is 1. The maximum Gasteiger partial charge on any atom is 0.253 e. The molecule has 2 fully saturated rings. The summed E-state index contributed by atoms with van der Waals surface area (Å²) in [5.74, 6) is 0.562. The molecule has 0 aromatic heterocycles. The van der Waals surface area contributed by atoms with Crippen LogP contribution in [0.5, 0.6) is 0 Å². The minimum Gasteiger partial charge on any atom is -0.380 e. The summed E-state index contributed by atoms with van der Waals surface area (Å²) in [5, 5.41) is 6.36. The molecule has 30 heavy (non-hydrogen) atoms. The molecule has 6 nitrogen and oxygen atoms in total. The van der Waals surface area contributed by atoms with Crippen LogP contribution in [0.2, 0.25) is 0 Å².